The molecule has 1 amide bonds. The van der Waals surface area contributed by atoms with Gasteiger partial charge in [-0.1, -0.05) is 24.3 Å². The number of phenols is 1. The highest BCUT2D eigenvalue weighted by atomic mass is 16.5. The summed E-state index contributed by atoms with van der Waals surface area (Å²) in [4.78, 5) is 14.8. The zero-order valence-electron chi connectivity index (χ0n) is 15.4. The van der Waals surface area contributed by atoms with E-state index in [1.165, 1.54) is 0 Å². The van der Waals surface area contributed by atoms with E-state index in [-0.39, 0.29) is 18.3 Å². The Hall–Kier alpha value is -3.32. The number of nitrogens with zero attached hydrogens (tertiary/aromatic N) is 2. The third-order valence-electron chi connectivity index (χ3n) is 4.99. The van der Waals surface area contributed by atoms with Crippen molar-refractivity contribution < 1.29 is 19.7 Å². The van der Waals surface area contributed by atoms with Gasteiger partial charge in [0.25, 0.3) is 5.91 Å². The third kappa shape index (κ3) is 2.90. The maximum absolute atomic E-state index is 13.0. The number of para-hydroxylation sites is 1. The first-order valence-corrected chi connectivity index (χ1v) is 9.08. The number of aromatic nitrogens is 2. The number of rotatable bonds is 6. The number of ether oxygens (including phenoxy) is 1. The molecule has 1 aliphatic heterocycles. The van der Waals surface area contributed by atoms with E-state index in [1.54, 1.807) is 30.2 Å². The van der Waals surface area contributed by atoms with Crippen LogP contribution in [0.2, 0.25) is 0 Å². The number of hydrogen-bond donors (Lipinski definition) is 3. The highest BCUT2D eigenvalue weighted by molar-refractivity contribution is 6.00. The van der Waals surface area contributed by atoms with Crippen LogP contribution in [0.4, 0.5) is 0 Å². The first-order chi connectivity index (χ1) is 13.7. The summed E-state index contributed by atoms with van der Waals surface area (Å²) in [6.07, 6.45) is 0.468. The van der Waals surface area contributed by atoms with Crippen LogP contribution in [0, 0.1) is 0 Å². The van der Waals surface area contributed by atoms with Crippen molar-refractivity contribution in [1.82, 2.24) is 15.1 Å². The summed E-state index contributed by atoms with van der Waals surface area (Å²) in [6.45, 7) is 0.396. The van der Waals surface area contributed by atoms with Crippen molar-refractivity contribution in [3.05, 3.63) is 65.4 Å². The fraction of sp³-hybridized carbons (Fsp3) is 0.238. The molecule has 7 nitrogen and oxygen atoms in total. The van der Waals surface area contributed by atoms with E-state index in [0.717, 1.165) is 11.1 Å². The van der Waals surface area contributed by atoms with Crippen LogP contribution in [0.15, 0.2) is 48.5 Å². The van der Waals surface area contributed by atoms with Crippen molar-refractivity contribution in [2.24, 2.45) is 0 Å². The van der Waals surface area contributed by atoms with Crippen molar-refractivity contribution in [2.45, 2.75) is 12.5 Å². The normalized spacial score (nSPS) is 15.7. The Labute approximate surface area is 162 Å². The quantitative estimate of drug-likeness (QED) is 0.612. The molecule has 1 atom stereocenters. The first-order valence-electron chi connectivity index (χ1n) is 9.08. The Morgan fingerprint density at radius 2 is 2.04 bits per heavy atom. The predicted octanol–water partition coefficient (Wildman–Crippen LogP) is 2.72. The van der Waals surface area contributed by atoms with Crippen LogP contribution in [0.1, 0.15) is 34.1 Å². The maximum Gasteiger partial charge on any atom is 0.273 e. The van der Waals surface area contributed by atoms with E-state index in [2.05, 4.69) is 10.2 Å². The van der Waals surface area contributed by atoms with Crippen LogP contribution >= 0.6 is 0 Å². The number of carbonyl (C=O) groups excluding carboxylic acids is 1. The summed E-state index contributed by atoms with van der Waals surface area (Å²) in [5.74, 6) is 0.612. The van der Waals surface area contributed by atoms with Gasteiger partial charge in [0, 0.05) is 24.3 Å². The zero-order valence-corrected chi connectivity index (χ0v) is 15.4. The van der Waals surface area contributed by atoms with Gasteiger partial charge in [-0.05, 0) is 36.2 Å². The van der Waals surface area contributed by atoms with E-state index < -0.39 is 6.04 Å². The summed E-state index contributed by atoms with van der Waals surface area (Å²) < 4.78 is 5.35. The molecule has 0 radical (unpaired) electrons. The number of carbonyl (C=O) groups is 1. The van der Waals surface area contributed by atoms with Gasteiger partial charge in [0.1, 0.15) is 22.9 Å². The molecule has 2 aromatic carbocycles. The molecule has 144 valence electrons. The van der Waals surface area contributed by atoms with Gasteiger partial charge in [0.15, 0.2) is 0 Å². The minimum atomic E-state index is -0.391. The number of H-pyrrole nitrogens is 1. The van der Waals surface area contributed by atoms with E-state index in [9.17, 15) is 15.0 Å². The molecule has 1 aliphatic rings. The smallest absolute Gasteiger partial charge is 0.273 e. The number of aromatic amines is 1. The number of aromatic hydroxyl groups is 1. The summed E-state index contributed by atoms with van der Waals surface area (Å²) in [7, 11) is 1.60. The Morgan fingerprint density at radius 3 is 2.79 bits per heavy atom. The molecule has 4 rings (SSSR count). The monoisotopic (exact) mass is 379 g/mol. The molecule has 0 aliphatic carbocycles. The second-order valence-corrected chi connectivity index (χ2v) is 6.63. The highest BCUT2D eigenvalue weighted by Gasteiger charge is 2.42. The fourth-order valence-corrected chi connectivity index (χ4v) is 3.71. The van der Waals surface area contributed by atoms with Gasteiger partial charge in [-0.2, -0.15) is 5.10 Å². The lowest BCUT2D eigenvalue weighted by Crippen LogP contribution is -2.31. The second-order valence-electron chi connectivity index (χ2n) is 6.63. The van der Waals surface area contributed by atoms with Gasteiger partial charge in [0.2, 0.25) is 0 Å². The van der Waals surface area contributed by atoms with Crippen molar-refractivity contribution in [2.75, 3.05) is 20.3 Å². The van der Waals surface area contributed by atoms with Gasteiger partial charge in [0.05, 0.1) is 13.2 Å². The summed E-state index contributed by atoms with van der Waals surface area (Å²) in [6, 6.07) is 14.1. The lowest BCUT2D eigenvalue weighted by molar-refractivity contribution is 0.0732. The standard InChI is InChI=1S/C21H21N3O4/c1-28-14-7-4-6-13(12-14)20-17-18(15-8-2-3-9-16(15)26)22-23-19(17)21(27)24(20)10-5-11-25/h2-4,6-9,12,20,25-26H,5,10-11H2,1H3,(H,22,23)/t20-/m1/s1. The lowest BCUT2D eigenvalue weighted by Gasteiger charge is -2.26. The largest absolute Gasteiger partial charge is 0.507 e. The zero-order chi connectivity index (χ0) is 19.7. The van der Waals surface area contributed by atoms with Crippen LogP contribution in [0.25, 0.3) is 11.3 Å². The molecule has 0 spiro atoms. The molecule has 0 fully saturated rings. The fourth-order valence-electron chi connectivity index (χ4n) is 3.71. The Kier molecular flexibility index (Phi) is 4.75. The number of methoxy groups -OCH3 is 1. The number of nitrogens with one attached hydrogen (secondary N) is 1. The number of fused-ring (bicyclic) bond motifs is 1. The second kappa shape index (κ2) is 7.36. The predicted molar refractivity (Wildman–Crippen MR) is 103 cm³/mol. The number of phenolic OH excluding ortho intramolecular Hbond substituents is 1. The number of benzene rings is 2. The molecule has 2 heterocycles. The van der Waals surface area contributed by atoms with Gasteiger partial charge >= 0.3 is 0 Å². The van der Waals surface area contributed by atoms with Crippen LogP contribution in [0.3, 0.4) is 0 Å². The molecule has 0 saturated heterocycles. The van der Waals surface area contributed by atoms with Crippen molar-refractivity contribution in [3.8, 4) is 22.8 Å². The lowest BCUT2D eigenvalue weighted by atomic mass is 9.95. The molecule has 0 saturated carbocycles. The summed E-state index contributed by atoms with van der Waals surface area (Å²) >= 11 is 0. The minimum absolute atomic E-state index is 0.00682. The van der Waals surface area contributed by atoms with Gasteiger partial charge in [-0.25, -0.2) is 0 Å². The molecular weight excluding hydrogens is 358 g/mol. The maximum atomic E-state index is 13.0. The molecule has 7 heteroatoms. The van der Waals surface area contributed by atoms with Crippen molar-refractivity contribution in [1.29, 1.82) is 0 Å². The average Bonchev–Trinajstić information content (AvgIpc) is 3.26. The van der Waals surface area contributed by atoms with Crippen LogP contribution in [-0.4, -0.2) is 51.5 Å². The van der Waals surface area contributed by atoms with E-state index in [4.69, 9.17) is 4.74 Å². The molecule has 3 N–H and O–H groups in total. The minimum Gasteiger partial charge on any atom is -0.507 e. The van der Waals surface area contributed by atoms with Crippen LogP contribution in [-0.2, 0) is 0 Å². The topological polar surface area (TPSA) is 98.7 Å². The molecule has 3 aromatic rings. The first kappa shape index (κ1) is 18.1. The Bertz CT molecular complexity index is 1010. The van der Waals surface area contributed by atoms with E-state index >= 15 is 0 Å². The number of aliphatic hydroxyl groups excluding tert-OH is 1. The molecule has 1 aromatic heterocycles. The van der Waals surface area contributed by atoms with Gasteiger partial charge < -0.3 is 19.8 Å². The van der Waals surface area contributed by atoms with Gasteiger partial charge in [-0.3, -0.25) is 9.89 Å². The van der Waals surface area contributed by atoms with Crippen molar-refractivity contribution >= 4 is 5.91 Å². The van der Waals surface area contributed by atoms with E-state index in [0.29, 0.717) is 35.7 Å². The molecule has 0 bridgehead atoms. The Morgan fingerprint density at radius 1 is 1.21 bits per heavy atom. The molecular formula is C21H21N3O4. The number of hydrogen-bond acceptors (Lipinski definition) is 5. The number of aliphatic hydroxyl groups is 1. The summed E-state index contributed by atoms with van der Waals surface area (Å²) in [5.41, 5.74) is 3.11. The SMILES string of the molecule is COc1cccc([C@@H]2c3c(-c4ccccc4O)n[nH]c3C(=O)N2CCCO)c1. The molecule has 28 heavy (non-hydrogen) atoms. The third-order valence-corrected chi connectivity index (χ3v) is 4.99. The Balaban J connectivity index is 1.89. The number of amides is 1. The van der Waals surface area contributed by atoms with Gasteiger partial charge in [-0.15, -0.1) is 0 Å². The average molecular weight is 379 g/mol. The summed E-state index contributed by atoms with van der Waals surface area (Å²) in [5, 5.41) is 26.8. The van der Waals surface area contributed by atoms with Crippen LogP contribution < -0.4 is 4.74 Å². The molecule has 0 unspecified atom stereocenters. The van der Waals surface area contributed by atoms with Crippen LogP contribution in [0.5, 0.6) is 11.5 Å². The highest BCUT2D eigenvalue weighted by Crippen LogP contribution is 2.44. The van der Waals surface area contributed by atoms with Crippen molar-refractivity contribution in [3.63, 3.8) is 0 Å². The van der Waals surface area contributed by atoms with E-state index in [1.807, 2.05) is 30.3 Å².